The van der Waals surface area contributed by atoms with E-state index in [9.17, 15) is 4.79 Å². The van der Waals surface area contributed by atoms with Gasteiger partial charge < -0.3 is 19.7 Å². The van der Waals surface area contributed by atoms with Gasteiger partial charge in [-0.25, -0.2) is 9.78 Å². The smallest absolute Gasteiger partial charge is 0.317 e. The summed E-state index contributed by atoms with van der Waals surface area (Å²) >= 11 is 0. The van der Waals surface area contributed by atoms with Gasteiger partial charge in [0.25, 0.3) is 0 Å². The number of carbonyl (C=O) groups excluding carboxylic acids is 1. The Labute approximate surface area is 147 Å². The highest BCUT2D eigenvalue weighted by Gasteiger charge is 2.27. The molecule has 1 atom stereocenters. The molecule has 1 N–H and O–H groups in total. The third kappa shape index (κ3) is 4.07. The molecule has 2 aromatic rings. The van der Waals surface area contributed by atoms with Crippen molar-refractivity contribution < 1.29 is 4.79 Å². The van der Waals surface area contributed by atoms with Gasteiger partial charge in [-0.1, -0.05) is 0 Å². The largest absolute Gasteiger partial charge is 0.363 e. The molecular weight excluding hydrogens is 318 g/mol. The minimum absolute atomic E-state index is 0.0323. The topological polar surface area (TPSA) is 79.2 Å². The Morgan fingerprint density at radius 2 is 2.28 bits per heavy atom. The van der Waals surface area contributed by atoms with Gasteiger partial charge in [0.05, 0.1) is 0 Å². The fourth-order valence-electron chi connectivity index (χ4n) is 3.14. The van der Waals surface area contributed by atoms with Gasteiger partial charge >= 0.3 is 6.03 Å². The third-order valence-corrected chi connectivity index (χ3v) is 4.53. The molecule has 3 heterocycles. The monoisotopic (exact) mass is 343 g/mol. The van der Waals surface area contributed by atoms with Crippen molar-refractivity contribution in [2.45, 2.75) is 25.3 Å². The SMILES string of the molecule is CN(C)c1cc(CNC(=O)N2CCC[C@@H](c3nncn3C)C2)ccn1. The van der Waals surface area contributed by atoms with Gasteiger partial charge in [-0.3, -0.25) is 0 Å². The Hall–Kier alpha value is -2.64. The van der Waals surface area contributed by atoms with E-state index in [0.717, 1.165) is 36.6 Å². The van der Waals surface area contributed by atoms with Crippen LogP contribution in [0.4, 0.5) is 10.6 Å². The molecule has 2 aromatic heterocycles. The normalized spacial score (nSPS) is 17.4. The summed E-state index contributed by atoms with van der Waals surface area (Å²) in [6, 6.07) is 3.88. The molecule has 0 unspecified atom stereocenters. The molecule has 8 heteroatoms. The van der Waals surface area contributed by atoms with Crippen LogP contribution >= 0.6 is 0 Å². The van der Waals surface area contributed by atoms with Gasteiger partial charge in [0, 0.05) is 52.9 Å². The number of hydrogen-bond donors (Lipinski definition) is 1. The number of nitrogens with zero attached hydrogens (tertiary/aromatic N) is 6. The van der Waals surface area contributed by atoms with E-state index in [0.29, 0.717) is 13.1 Å². The maximum atomic E-state index is 12.5. The van der Waals surface area contributed by atoms with Gasteiger partial charge in [0.2, 0.25) is 0 Å². The number of carbonyl (C=O) groups is 1. The molecular formula is C17H25N7O. The number of pyridine rings is 1. The number of anilines is 1. The van der Waals surface area contributed by atoms with Crippen molar-refractivity contribution in [3.63, 3.8) is 0 Å². The van der Waals surface area contributed by atoms with E-state index < -0.39 is 0 Å². The van der Waals surface area contributed by atoms with Crippen LogP contribution in [0.3, 0.4) is 0 Å². The predicted octanol–water partition coefficient (Wildman–Crippen LogP) is 1.37. The molecule has 0 bridgehead atoms. The molecule has 1 saturated heterocycles. The molecule has 0 saturated carbocycles. The first-order chi connectivity index (χ1) is 12.0. The minimum Gasteiger partial charge on any atom is -0.363 e. The van der Waals surface area contributed by atoms with Crippen LogP contribution in [0.1, 0.15) is 30.1 Å². The number of rotatable bonds is 4. The van der Waals surface area contributed by atoms with Gasteiger partial charge in [-0.05, 0) is 30.5 Å². The first kappa shape index (κ1) is 17.2. The van der Waals surface area contributed by atoms with E-state index in [1.54, 1.807) is 12.5 Å². The summed E-state index contributed by atoms with van der Waals surface area (Å²) in [6.07, 6.45) is 5.49. The van der Waals surface area contributed by atoms with E-state index in [-0.39, 0.29) is 11.9 Å². The van der Waals surface area contributed by atoms with Crippen LogP contribution in [0.15, 0.2) is 24.7 Å². The molecule has 1 fully saturated rings. The summed E-state index contributed by atoms with van der Waals surface area (Å²) < 4.78 is 1.94. The fraction of sp³-hybridized carbons (Fsp3) is 0.529. The summed E-state index contributed by atoms with van der Waals surface area (Å²) in [5, 5.41) is 11.2. The van der Waals surface area contributed by atoms with Crippen molar-refractivity contribution in [2.24, 2.45) is 7.05 Å². The molecule has 0 radical (unpaired) electrons. The number of urea groups is 1. The molecule has 3 rings (SSSR count). The quantitative estimate of drug-likeness (QED) is 0.907. The lowest BCUT2D eigenvalue weighted by molar-refractivity contribution is 0.177. The van der Waals surface area contributed by atoms with Gasteiger partial charge in [-0.2, -0.15) is 0 Å². The highest BCUT2D eigenvalue weighted by molar-refractivity contribution is 5.74. The second kappa shape index (κ2) is 7.50. The van der Waals surface area contributed by atoms with E-state index in [1.165, 1.54) is 0 Å². The average molecular weight is 343 g/mol. The van der Waals surface area contributed by atoms with Crippen molar-refractivity contribution >= 4 is 11.8 Å². The summed E-state index contributed by atoms with van der Waals surface area (Å²) in [7, 11) is 5.84. The van der Waals surface area contributed by atoms with Crippen molar-refractivity contribution in [3.05, 3.63) is 36.0 Å². The van der Waals surface area contributed by atoms with Gasteiger partial charge in [-0.15, -0.1) is 10.2 Å². The Morgan fingerprint density at radius 1 is 1.44 bits per heavy atom. The first-order valence-electron chi connectivity index (χ1n) is 8.53. The number of aromatic nitrogens is 4. The molecule has 0 spiro atoms. The number of piperidine rings is 1. The summed E-state index contributed by atoms with van der Waals surface area (Å²) in [4.78, 5) is 20.6. The van der Waals surface area contributed by atoms with Gasteiger partial charge in [0.1, 0.15) is 18.0 Å². The fourth-order valence-corrected chi connectivity index (χ4v) is 3.14. The lowest BCUT2D eigenvalue weighted by Crippen LogP contribution is -2.45. The zero-order valence-corrected chi connectivity index (χ0v) is 15.0. The molecule has 0 aromatic carbocycles. The van der Waals surface area contributed by atoms with E-state index >= 15 is 0 Å². The van der Waals surface area contributed by atoms with E-state index in [2.05, 4.69) is 20.5 Å². The zero-order chi connectivity index (χ0) is 17.8. The molecule has 0 aliphatic carbocycles. The summed E-state index contributed by atoms with van der Waals surface area (Å²) in [5.74, 6) is 2.07. The lowest BCUT2D eigenvalue weighted by atomic mass is 9.97. The van der Waals surface area contributed by atoms with Gasteiger partial charge in [0.15, 0.2) is 0 Å². The Kier molecular flexibility index (Phi) is 5.16. The van der Waals surface area contributed by atoms with Crippen LogP contribution in [-0.4, -0.2) is 57.9 Å². The van der Waals surface area contributed by atoms with Crippen LogP contribution in [-0.2, 0) is 13.6 Å². The number of aryl methyl sites for hydroxylation is 1. The van der Waals surface area contributed by atoms with Crippen molar-refractivity contribution in [3.8, 4) is 0 Å². The van der Waals surface area contributed by atoms with E-state index in [4.69, 9.17) is 0 Å². The maximum Gasteiger partial charge on any atom is 0.317 e. The standard InChI is InChI=1S/C17H25N7O/c1-22(2)15-9-13(6-7-18-15)10-19-17(25)24-8-4-5-14(11-24)16-21-20-12-23(16)3/h6-7,9,12,14H,4-5,8,10-11H2,1-3H3,(H,19,25)/t14-/m1/s1. The van der Waals surface area contributed by atoms with Crippen LogP contribution in [0.2, 0.25) is 0 Å². The number of hydrogen-bond acceptors (Lipinski definition) is 5. The number of likely N-dealkylation sites (tertiary alicyclic amines) is 1. The second-order valence-electron chi connectivity index (χ2n) is 6.66. The Balaban J connectivity index is 1.58. The highest BCUT2D eigenvalue weighted by atomic mass is 16.2. The van der Waals surface area contributed by atoms with Crippen molar-refractivity contribution in [1.82, 2.24) is 30.0 Å². The molecule has 25 heavy (non-hydrogen) atoms. The van der Waals surface area contributed by atoms with E-state index in [1.807, 2.05) is 47.6 Å². The molecule has 1 aliphatic heterocycles. The Bertz CT molecular complexity index is 727. The van der Waals surface area contributed by atoms with Crippen molar-refractivity contribution in [1.29, 1.82) is 0 Å². The molecule has 2 amide bonds. The number of nitrogens with one attached hydrogen (secondary N) is 1. The van der Waals surface area contributed by atoms with Crippen LogP contribution in [0.5, 0.6) is 0 Å². The maximum absolute atomic E-state index is 12.5. The molecule has 8 nitrogen and oxygen atoms in total. The van der Waals surface area contributed by atoms with Crippen LogP contribution < -0.4 is 10.2 Å². The predicted molar refractivity (Wildman–Crippen MR) is 95.4 cm³/mol. The highest BCUT2D eigenvalue weighted by Crippen LogP contribution is 2.25. The van der Waals surface area contributed by atoms with Crippen LogP contribution in [0, 0.1) is 0 Å². The summed E-state index contributed by atoms with van der Waals surface area (Å²) in [6.45, 7) is 1.95. The third-order valence-electron chi connectivity index (χ3n) is 4.53. The summed E-state index contributed by atoms with van der Waals surface area (Å²) in [5.41, 5.74) is 1.04. The molecule has 1 aliphatic rings. The second-order valence-corrected chi connectivity index (χ2v) is 6.66. The minimum atomic E-state index is -0.0323. The first-order valence-corrected chi connectivity index (χ1v) is 8.53. The van der Waals surface area contributed by atoms with Crippen molar-refractivity contribution in [2.75, 3.05) is 32.1 Å². The zero-order valence-electron chi connectivity index (χ0n) is 15.0. The lowest BCUT2D eigenvalue weighted by Gasteiger charge is -2.32. The van der Waals surface area contributed by atoms with Crippen LogP contribution in [0.25, 0.3) is 0 Å². The average Bonchev–Trinajstić information content (AvgIpc) is 3.06. The Morgan fingerprint density at radius 3 is 3.00 bits per heavy atom. The molecule has 134 valence electrons. The number of amides is 2.